The summed E-state index contributed by atoms with van der Waals surface area (Å²) >= 11 is 4.97. The number of nitrogens with zero attached hydrogens (tertiary/aromatic N) is 3. The quantitative estimate of drug-likeness (QED) is 0.814. The molecule has 0 bridgehead atoms. The zero-order valence-corrected chi connectivity index (χ0v) is 11.2. The molecule has 2 aromatic rings. The first-order valence-corrected chi connectivity index (χ1v) is 5.96. The summed E-state index contributed by atoms with van der Waals surface area (Å²) < 4.78 is 1.77. The molecular formula is C12H15N5S. The summed E-state index contributed by atoms with van der Waals surface area (Å²) in [5.41, 5.74) is 8.28. The van der Waals surface area contributed by atoms with Crippen LogP contribution in [0.2, 0.25) is 0 Å². The third-order valence-electron chi connectivity index (χ3n) is 2.46. The summed E-state index contributed by atoms with van der Waals surface area (Å²) in [7, 11) is 1.89. The van der Waals surface area contributed by atoms with Crippen LogP contribution in [0.3, 0.4) is 0 Å². The molecule has 0 atom stereocenters. The minimum absolute atomic E-state index is 0.376. The van der Waals surface area contributed by atoms with Crippen LogP contribution in [-0.2, 0) is 13.6 Å². The van der Waals surface area contributed by atoms with Crippen molar-refractivity contribution in [1.82, 2.24) is 14.8 Å². The van der Waals surface area contributed by atoms with Crippen molar-refractivity contribution in [3.63, 3.8) is 0 Å². The Morgan fingerprint density at radius 2 is 2.28 bits per heavy atom. The van der Waals surface area contributed by atoms with Gasteiger partial charge in [-0.05, 0) is 25.1 Å². The molecule has 18 heavy (non-hydrogen) atoms. The molecular weight excluding hydrogens is 246 g/mol. The van der Waals surface area contributed by atoms with Gasteiger partial charge < -0.3 is 11.1 Å². The zero-order valence-electron chi connectivity index (χ0n) is 10.3. The SMILES string of the molecule is Cc1cc(C(N)=S)cc(NCc2ccn(C)n2)n1. The molecule has 0 unspecified atom stereocenters. The summed E-state index contributed by atoms with van der Waals surface area (Å²) in [4.78, 5) is 4.75. The van der Waals surface area contributed by atoms with Gasteiger partial charge in [0.15, 0.2) is 0 Å². The summed E-state index contributed by atoms with van der Waals surface area (Å²) in [6.07, 6.45) is 1.90. The van der Waals surface area contributed by atoms with Crippen molar-refractivity contribution in [2.24, 2.45) is 12.8 Å². The molecule has 2 aromatic heterocycles. The lowest BCUT2D eigenvalue weighted by molar-refractivity contribution is 0.747. The first kappa shape index (κ1) is 12.5. The van der Waals surface area contributed by atoms with Gasteiger partial charge in [0.1, 0.15) is 10.8 Å². The fourth-order valence-electron chi connectivity index (χ4n) is 1.64. The molecule has 5 nitrogen and oxygen atoms in total. The van der Waals surface area contributed by atoms with E-state index in [4.69, 9.17) is 18.0 Å². The lowest BCUT2D eigenvalue weighted by Crippen LogP contribution is -2.11. The highest BCUT2D eigenvalue weighted by molar-refractivity contribution is 7.80. The second-order valence-corrected chi connectivity index (χ2v) is 4.52. The molecule has 3 N–H and O–H groups in total. The molecule has 0 fully saturated rings. The number of thiocarbonyl (C=S) groups is 1. The van der Waals surface area contributed by atoms with Crippen molar-refractivity contribution in [1.29, 1.82) is 0 Å². The number of nitrogens with two attached hydrogens (primary N) is 1. The van der Waals surface area contributed by atoms with Crippen molar-refractivity contribution in [3.05, 3.63) is 41.3 Å². The minimum Gasteiger partial charge on any atom is -0.389 e. The summed E-state index contributed by atoms with van der Waals surface area (Å²) in [6, 6.07) is 5.67. The van der Waals surface area contributed by atoms with Gasteiger partial charge in [-0.2, -0.15) is 5.10 Å². The highest BCUT2D eigenvalue weighted by Gasteiger charge is 2.03. The van der Waals surface area contributed by atoms with E-state index in [2.05, 4.69) is 15.4 Å². The third-order valence-corrected chi connectivity index (χ3v) is 2.69. The Labute approximate surface area is 111 Å². The van der Waals surface area contributed by atoms with Crippen LogP contribution in [0.4, 0.5) is 5.82 Å². The zero-order chi connectivity index (χ0) is 13.1. The molecule has 0 saturated heterocycles. The lowest BCUT2D eigenvalue weighted by Gasteiger charge is -2.07. The predicted molar refractivity (Wildman–Crippen MR) is 75.4 cm³/mol. The Hall–Kier alpha value is -1.95. The first-order valence-electron chi connectivity index (χ1n) is 5.55. The highest BCUT2D eigenvalue weighted by atomic mass is 32.1. The molecule has 0 spiro atoms. The van der Waals surface area contributed by atoms with Crippen LogP contribution in [0.15, 0.2) is 24.4 Å². The average Bonchev–Trinajstić information content (AvgIpc) is 2.72. The number of aryl methyl sites for hydroxylation is 2. The Kier molecular flexibility index (Phi) is 3.57. The van der Waals surface area contributed by atoms with Gasteiger partial charge in [0.2, 0.25) is 0 Å². The van der Waals surface area contributed by atoms with Crippen molar-refractivity contribution < 1.29 is 0 Å². The van der Waals surface area contributed by atoms with Crippen LogP contribution in [0.5, 0.6) is 0 Å². The fourth-order valence-corrected chi connectivity index (χ4v) is 1.76. The second kappa shape index (κ2) is 5.14. The van der Waals surface area contributed by atoms with Gasteiger partial charge in [-0.1, -0.05) is 12.2 Å². The summed E-state index contributed by atoms with van der Waals surface area (Å²) in [6.45, 7) is 2.53. The smallest absolute Gasteiger partial charge is 0.127 e. The topological polar surface area (TPSA) is 68.8 Å². The minimum atomic E-state index is 0.376. The number of pyridine rings is 1. The van der Waals surface area contributed by atoms with E-state index in [1.54, 1.807) is 4.68 Å². The van der Waals surface area contributed by atoms with Crippen molar-refractivity contribution in [2.45, 2.75) is 13.5 Å². The highest BCUT2D eigenvalue weighted by Crippen LogP contribution is 2.11. The van der Waals surface area contributed by atoms with Gasteiger partial charge in [-0.25, -0.2) is 4.98 Å². The normalized spacial score (nSPS) is 10.3. The molecule has 0 aliphatic rings. The first-order chi connectivity index (χ1) is 8.54. The summed E-state index contributed by atoms with van der Waals surface area (Å²) in [5, 5.41) is 7.49. The van der Waals surface area contributed by atoms with Gasteiger partial charge in [0.25, 0.3) is 0 Å². The molecule has 0 aromatic carbocycles. The van der Waals surface area contributed by atoms with Gasteiger partial charge in [-0.3, -0.25) is 4.68 Å². The Morgan fingerprint density at radius 3 is 2.89 bits per heavy atom. The summed E-state index contributed by atoms with van der Waals surface area (Å²) in [5.74, 6) is 0.753. The van der Waals surface area contributed by atoms with Crippen molar-refractivity contribution in [2.75, 3.05) is 5.32 Å². The molecule has 0 radical (unpaired) electrons. The van der Waals surface area contributed by atoms with Gasteiger partial charge >= 0.3 is 0 Å². The standard InChI is InChI=1S/C12H15N5S/c1-8-5-9(12(13)18)6-11(15-8)14-7-10-3-4-17(2)16-10/h3-6H,7H2,1-2H3,(H2,13,18)(H,14,15). The van der Waals surface area contributed by atoms with Crippen molar-refractivity contribution in [3.8, 4) is 0 Å². The molecule has 2 rings (SSSR count). The average molecular weight is 261 g/mol. The lowest BCUT2D eigenvalue weighted by atomic mass is 10.2. The maximum atomic E-state index is 5.62. The van der Waals surface area contributed by atoms with Gasteiger partial charge in [0.05, 0.1) is 12.2 Å². The molecule has 0 saturated carbocycles. The molecule has 2 heterocycles. The number of hydrogen-bond acceptors (Lipinski definition) is 4. The molecule has 0 amide bonds. The number of anilines is 1. The molecule has 0 aliphatic heterocycles. The van der Waals surface area contributed by atoms with Crippen LogP contribution >= 0.6 is 12.2 Å². The van der Waals surface area contributed by atoms with Crippen LogP contribution in [0, 0.1) is 6.92 Å². The molecule has 6 heteroatoms. The van der Waals surface area contributed by atoms with Crippen molar-refractivity contribution >= 4 is 23.0 Å². The number of nitrogens with one attached hydrogen (secondary N) is 1. The van der Waals surface area contributed by atoms with E-state index in [9.17, 15) is 0 Å². The van der Waals surface area contributed by atoms with E-state index >= 15 is 0 Å². The monoisotopic (exact) mass is 261 g/mol. The largest absolute Gasteiger partial charge is 0.389 e. The number of aromatic nitrogens is 3. The van der Waals surface area contributed by atoms with E-state index in [0.717, 1.165) is 22.8 Å². The van der Waals surface area contributed by atoms with Crippen LogP contribution in [0.1, 0.15) is 17.0 Å². The Bertz CT molecular complexity index is 576. The molecule has 0 aliphatic carbocycles. The second-order valence-electron chi connectivity index (χ2n) is 4.08. The van der Waals surface area contributed by atoms with E-state index in [1.807, 2.05) is 38.4 Å². The third kappa shape index (κ3) is 3.04. The van der Waals surface area contributed by atoms with E-state index in [-0.39, 0.29) is 0 Å². The van der Waals surface area contributed by atoms with Gasteiger partial charge in [0, 0.05) is 24.5 Å². The van der Waals surface area contributed by atoms with Crippen LogP contribution < -0.4 is 11.1 Å². The maximum absolute atomic E-state index is 5.62. The van der Waals surface area contributed by atoms with E-state index in [1.165, 1.54) is 0 Å². The number of rotatable bonds is 4. The van der Waals surface area contributed by atoms with Gasteiger partial charge in [-0.15, -0.1) is 0 Å². The van der Waals surface area contributed by atoms with E-state index < -0.39 is 0 Å². The van der Waals surface area contributed by atoms with Crippen LogP contribution in [0.25, 0.3) is 0 Å². The predicted octanol–water partition coefficient (Wildman–Crippen LogP) is 1.37. The van der Waals surface area contributed by atoms with E-state index in [0.29, 0.717) is 11.5 Å². The van der Waals surface area contributed by atoms with Crippen LogP contribution in [-0.4, -0.2) is 19.8 Å². The fraction of sp³-hybridized carbons (Fsp3) is 0.250. The maximum Gasteiger partial charge on any atom is 0.127 e. The molecule has 94 valence electrons. The number of hydrogen-bond donors (Lipinski definition) is 2. The Morgan fingerprint density at radius 1 is 1.50 bits per heavy atom. The Balaban J connectivity index is 2.11.